The van der Waals surface area contributed by atoms with Crippen molar-refractivity contribution in [3.8, 4) is 16.9 Å². The first-order valence-corrected chi connectivity index (χ1v) is 8.72. The Labute approximate surface area is 163 Å². The van der Waals surface area contributed by atoms with Gasteiger partial charge in [-0.05, 0) is 41.0 Å². The van der Waals surface area contributed by atoms with Crippen LogP contribution in [0, 0.1) is 0 Å². The third-order valence-corrected chi connectivity index (χ3v) is 4.28. The van der Waals surface area contributed by atoms with E-state index in [9.17, 15) is 14.4 Å². The average Bonchev–Trinajstić information content (AvgIpc) is 2.60. The molecular formula is C21H24N2O5. The molecule has 0 radical (unpaired) electrons. The summed E-state index contributed by atoms with van der Waals surface area (Å²) >= 11 is 0. The Hall–Kier alpha value is -3.35. The number of rotatable bonds is 7. The standard InChI is InChI=1S/C21H24N2O5/c1-13(24)22-17-6-7-18(16(11-17)12-23(3)14(2)25)19-9-15(10-21(26)27)5-8-20(19)28-4/h5-9,11H,10,12H2,1-4H3,(H,22,24)(H,26,27). The summed E-state index contributed by atoms with van der Waals surface area (Å²) in [5.74, 6) is -0.621. The van der Waals surface area contributed by atoms with Crippen LogP contribution in [-0.2, 0) is 27.3 Å². The summed E-state index contributed by atoms with van der Waals surface area (Å²) in [6.45, 7) is 3.23. The van der Waals surface area contributed by atoms with Gasteiger partial charge < -0.3 is 20.1 Å². The Morgan fingerprint density at radius 1 is 1.07 bits per heavy atom. The smallest absolute Gasteiger partial charge is 0.307 e. The van der Waals surface area contributed by atoms with E-state index in [-0.39, 0.29) is 18.2 Å². The van der Waals surface area contributed by atoms with E-state index in [2.05, 4.69) is 5.32 Å². The number of carboxylic acid groups (broad SMARTS) is 1. The number of carboxylic acids is 1. The predicted molar refractivity (Wildman–Crippen MR) is 106 cm³/mol. The second-order valence-corrected chi connectivity index (χ2v) is 6.53. The molecule has 0 aliphatic heterocycles. The van der Waals surface area contributed by atoms with Gasteiger partial charge in [-0.25, -0.2) is 0 Å². The number of carbonyl (C=O) groups is 3. The van der Waals surface area contributed by atoms with Crippen LogP contribution < -0.4 is 10.1 Å². The molecular weight excluding hydrogens is 360 g/mol. The van der Waals surface area contributed by atoms with Crippen molar-refractivity contribution < 1.29 is 24.2 Å². The molecule has 2 aromatic carbocycles. The van der Waals surface area contributed by atoms with E-state index in [0.29, 0.717) is 23.5 Å². The minimum atomic E-state index is -0.923. The molecule has 0 aliphatic carbocycles. The normalized spacial score (nSPS) is 10.3. The van der Waals surface area contributed by atoms with E-state index in [0.717, 1.165) is 16.7 Å². The van der Waals surface area contributed by atoms with Crippen LogP contribution in [0.1, 0.15) is 25.0 Å². The van der Waals surface area contributed by atoms with Gasteiger partial charge in [0.25, 0.3) is 0 Å². The fraction of sp³-hybridized carbons (Fsp3) is 0.286. The molecule has 0 bridgehead atoms. The van der Waals surface area contributed by atoms with Crippen molar-refractivity contribution in [3.63, 3.8) is 0 Å². The SMILES string of the molecule is COc1ccc(CC(=O)O)cc1-c1ccc(NC(C)=O)cc1CN(C)C(C)=O. The van der Waals surface area contributed by atoms with Gasteiger partial charge in [0.1, 0.15) is 5.75 Å². The Balaban J connectivity index is 2.60. The molecule has 0 saturated heterocycles. The highest BCUT2D eigenvalue weighted by Crippen LogP contribution is 2.35. The van der Waals surface area contributed by atoms with E-state index in [1.807, 2.05) is 6.07 Å². The lowest BCUT2D eigenvalue weighted by Crippen LogP contribution is -2.23. The minimum absolute atomic E-state index is 0.0949. The molecule has 0 unspecified atom stereocenters. The lowest BCUT2D eigenvalue weighted by atomic mass is 9.95. The Bertz CT molecular complexity index is 908. The van der Waals surface area contributed by atoms with Gasteiger partial charge in [0, 0.05) is 38.7 Å². The molecule has 0 aliphatic rings. The van der Waals surface area contributed by atoms with Gasteiger partial charge >= 0.3 is 5.97 Å². The highest BCUT2D eigenvalue weighted by Gasteiger charge is 2.16. The van der Waals surface area contributed by atoms with E-state index in [1.54, 1.807) is 49.4 Å². The fourth-order valence-electron chi connectivity index (χ4n) is 2.89. The summed E-state index contributed by atoms with van der Waals surface area (Å²) in [7, 11) is 3.23. The van der Waals surface area contributed by atoms with Gasteiger partial charge in [0.05, 0.1) is 13.5 Å². The molecule has 148 valence electrons. The molecule has 7 nitrogen and oxygen atoms in total. The van der Waals surface area contributed by atoms with E-state index in [1.165, 1.54) is 13.8 Å². The first-order chi connectivity index (χ1) is 13.2. The van der Waals surface area contributed by atoms with Gasteiger partial charge in [-0.1, -0.05) is 12.1 Å². The lowest BCUT2D eigenvalue weighted by Gasteiger charge is -2.20. The van der Waals surface area contributed by atoms with Crippen LogP contribution in [-0.4, -0.2) is 41.9 Å². The van der Waals surface area contributed by atoms with Crippen LogP contribution in [0.4, 0.5) is 5.69 Å². The zero-order valence-electron chi connectivity index (χ0n) is 16.4. The summed E-state index contributed by atoms with van der Waals surface area (Å²) in [6.07, 6.45) is -0.107. The Kier molecular flexibility index (Phi) is 6.76. The lowest BCUT2D eigenvalue weighted by molar-refractivity contribution is -0.136. The van der Waals surface area contributed by atoms with E-state index in [4.69, 9.17) is 9.84 Å². The monoisotopic (exact) mass is 384 g/mol. The van der Waals surface area contributed by atoms with E-state index < -0.39 is 5.97 Å². The summed E-state index contributed by atoms with van der Waals surface area (Å²) in [5.41, 5.74) is 3.58. The number of methoxy groups -OCH3 is 1. The summed E-state index contributed by atoms with van der Waals surface area (Å²) in [5, 5.41) is 11.8. The van der Waals surface area contributed by atoms with Crippen molar-refractivity contribution in [2.75, 3.05) is 19.5 Å². The number of aliphatic carboxylic acids is 1. The second-order valence-electron chi connectivity index (χ2n) is 6.53. The van der Waals surface area contributed by atoms with Crippen LogP contribution in [0.2, 0.25) is 0 Å². The number of carbonyl (C=O) groups excluding carboxylic acids is 2. The maximum absolute atomic E-state index is 11.7. The molecule has 7 heteroatoms. The number of amides is 2. The number of benzene rings is 2. The molecule has 0 saturated carbocycles. The van der Waals surface area contributed by atoms with Crippen molar-refractivity contribution in [2.45, 2.75) is 26.8 Å². The molecule has 28 heavy (non-hydrogen) atoms. The average molecular weight is 384 g/mol. The summed E-state index contributed by atoms with van der Waals surface area (Å²) in [6, 6.07) is 10.6. The number of nitrogens with one attached hydrogen (secondary N) is 1. The van der Waals surface area contributed by atoms with E-state index >= 15 is 0 Å². The van der Waals surface area contributed by atoms with Crippen molar-refractivity contribution >= 4 is 23.5 Å². The maximum Gasteiger partial charge on any atom is 0.307 e. The Morgan fingerprint density at radius 3 is 2.36 bits per heavy atom. The number of nitrogens with zero attached hydrogens (tertiary/aromatic N) is 1. The first-order valence-electron chi connectivity index (χ1n) is 8.72. The van der Waals surface area contributed by atoms with Gasteiger partial charge in [-0.2, -0.15) is 0 Å². The van der Waals surface area contributed by atoms with Crippen molar-refractivity contribution in [3.05, 3.63) is 47.5 Å². The molecule has 0 heterocycles. The number of anilines is 1. The largest absolute Gasteiger partial charge is 0.496 e. The quantitative estimate of drug-likeness (QED) is 0.765. The molecule has 0 atom stereocenters. The van der Waals surface area contributed by atoms with Gasteiger partial charge in [0.15, 0.2) is 0 Å². The third kappa shape index (κ3) is 5.33. The number of hydrogen-bond donors (Lipinski definition) is 2. The van der Waals surface area contributed by atoms with Crippen LogP contribution in [0.3, 0.4) is 0 Å². The molecule has 0 spiro atoms. The molecule has 2 aromatic rings. The predicted octanol–water partition coefficient (Wildman–Crippen LogP) is 2.93. The van der Waals surface area contributed by atoms with Crippen LogP contribution >= 0.6 is 0 Å². The topological polar surface area (TPSA) is 95.9 Å². The second kappa shape index (κ2) is 9.03. The van der Waals surface area contributed by atoms with Crippen molar-refractivity contribution in [1.82, 2.24) is 4.90 Å². The van der Waals surface area contributed by atoms with Crippen molar-refractivity contribution in [1.29, 1.82) is 0 Å². The van der Waals surface area contributed by atoms with Crippen LogP contribution in [0.5, 0.6) is 5.75 Å². The Morgan fingerprint density at radius 2 is 1.79 bits per heavy atom. The van der Waals surface area contributed by atoms with Gasteiger partial charge in [0.2, 0.25) is 11.8 Å². The first kappa shape index (κ1) is 21.0. The third-order valence-electron chi connectivity index (χ3n) is 4.28. The highest BCUT2D eigenvalue weighted by molar-refractivity contribution is 5.89. The van der Waals surface area contributed by atoms with Gasteiger partial charge in [-0.15, -0.1) is 0 Å². The van der Waals surface area contributed by atoms with Crippen molar-refractivity contribution in [2.24, 2.45) is 0 Å². The zero-order valence-corrected chi connectivity index (χ0v) is 16.4. The molecule has 2 rings (SSSR count). The highest BCUT2D eigenvalue weighted by atomic mass is 16.5. The summed E-state index contributed by atoms with van der Waals surface area (Å²) in [4.78, 5) is 35.8. The van der Waals surface area contributed by atoms with Crippen LogP contribution in [0.25, 0.3) is 11.1 Å². The molecule has 0 aromatic heterocycles. The van der Waals surface area contributed by atoms with Gasteiger partial charge in [-0.3, -0.25) is 14.4 Å². The fourth-order valence-corrected chi connectivity index (χ4v) is 2.89. The molecule has 2 amide bonds. The zero-order chi connectivity index (χ0) is 20.8. The minimum Gasteiger partial charge on any atom is -0.496 e. The number of ether oxygens (including phenoxy) is 1. The van der Waals surface area contributed by atoms with Crippen LogP contribution in [0.15, 0.2) is 36.4 Å². The molecule has 0 fully saturated rings. The summed E-state index contributed by atoms with van der Waals surface area (Å²) < 4.78 is 5.46. The molecule has 2 N–H and O–H groups in total. The number of hydrogen-bond acceptors (Lipinski definition) is 4. The maximum atomic E-state index is 11.7.